The summed E-state index contributed by atoms with van der Waals surface area (Å²) in [6, 6.07) is 8.42. The maximum absolute atomic E-state index is 6.26. The van der Waals surface area contributed by atoms with Crippen molar-refractivity contribution in [3.8, 4) is 11.8 Å². The molecule has 3 heteroatoms. The van der Waals surface area contributed by atoms with Gasteiger partial charge in [0.05, 0.1) is 0 Å². The van der Waals surface area contributed by atoms with Crippen LogP contribution >= 0.6 is 0 Å². The van der Waals surface area contributed by atoms with E-state index in [1.165, 1.54) is 12.0 Å². The number of imidazole rings is 1. The topological polar surface area (TPSA) is 43.8 Å². The highest BCUT2D eigenvalue weighted by molar-refractivity contribution is 5.41. The molecule has 132 valence electrons. The van der Waals surface area contributed by atoms with Gasteiger partial charge in [-0.15, -0.1) is 0 Å². The first kappa shape index (κ1) is 19.0. The molecule has 1 atom stereocenters. The van der Waals surface area contributed by atoms with Crippen molar-refractivity contribution < 1.29 is 0 Å². The highest BCUT2D eigenvalue weighted by Gasteiger charge is 2.09. The van der Waals surface area contributed by atoms with E-state index < -0.39 is 0 Å². The molecular weight excluding hydrogens is 306 g/mol. The Hall–Kier alpha value is -2.31. The van der Waals surface area contributed by atoms with Crippen molar-refractivity contribution in [1.82, 2.24) is 9.55 Å². The van der Waals surface area contributed by atoms with E-state index in [4.69, 9.17) is 5.73 Å². The number of aryl methyl sites for hydroxylation is 1. The van der Waals surface area contributed by atoms with Gasteiger partial charge < -0.3 is 10.3 Å². The maximum Gasteiger partial charge on any atom is 0.111 e. The Bertz CT molecular complexity index is 755. The van der Waals surface area contributed by atoms with E-state index in [1.807, 2.05) is 25.4 Å². The summed E-state index contributed by atoms with van der Waals surface area (Å²) in [6.45, 7) is 9.21. The van der Waals surface area contributed by atoms with Gasteiger partial charge >= 0.3 is 0 Å². The van der Waals surface area contributed by atoms with Gasteiger partial charge in [-0.3, -0.25) is 0 Å². The molecular formula is C22H29N3. The minimum absolute atomic E-state index is 0.0760. The fraction of sp³-hybridized carbons (Fsp3) is 0.409. The lowest BCUT2D eigenvalue weighted by Crippen LogP contribution is -2.25. The van der Waals surface area contributed by atoms with E-state index in [0.717, 1.165) is 29.9 Å². The molecule has 3 nitrogen and oxygen atoms in total. The highest BCUT2D eigenvalue weighted by Crippen LogP contribution is 2.12. The summed E-state index contributed by atoms with van der Waals surface area (Å²) in [5.41, 5.74) is 9.67. The quantitative estimate of drug-likeness (QED) is 0.801. The minimum atomic E-state index is -0.0760. The molecule has 25 heavy (non-hydrogen) atoms. The van der Waals surface area contributed by atoms with Gasteiger partial charge in [0.1, 0.15) is 5.82 Å². The van der Waals surface area contributed by atoms with Gasteiger partial charge in [-0.1, -0.05) is 57.2 Å². The van der Waals surface area contributed by atoms with Crippen LogP contribution in [0.25, 0.3) is 0 Å². The maximum atomic E-state index is 6.26. The lowest BCUT2D eigenvalue weighted by Gasteiger charge is -2.13. The van der Waals surface area contributed by atoms with Crippen LogP contribution in [0.15, 0.2) is 48.3 Å². The smallest absolute Gasteiger partial charge is 0.111 e. The molecule has 2 aromatic rings. The Morgan fingerprint density at radius 1 is 1.28 bits per heavy atom. The van der Waals surface area contributed by atoms with Gasteiger partial charge in [-0.25, -0.2) is 4.98 Å². The second kappa shape index (κ2) is 9.25. The number of nitrogens with two attached hydrogens (primary N) is 1. The number of aromatic nitrogens is 2. The second-order valence-electron chi connectivity index (χ2n) is 6.80. The standard InChI is InChI=1S/C22H29N3/c1-5-6-19-9-11-20(12-10-19)8-7-18(4)15-21(23)16-25-14-13-24-22(25)17(2)3/h9-15,17,21H,5-6,16,23H2,1-4H3/b18-15+. The van der Waals surface area contributed by atoms with Crippen molar-refractivity contribution in [2.45, 2.75) is 59.0 Å². The molecule has 0 fully saturated rings. The van der Waals surface area contributed by atoms with Crippen molar-refractivity contribution in [1.29, 1.82) is 0 Å². The van der Waals surface area contributed by atoms with Gasteiger partial charge in [0.15, 0.2) is 0 Å². The zero-order chi connectivity index (χ0) is 18.2. The third-order valence-corrected chi connectivity index (χ3v) is 4.03. The van der Waals surface area contributed by atoms with Crippen LogP contribution in [0.4, 0.5) is 0 Å². The first-order valence-corrected chi connectivity index (χ1v) is 9.05. The number of hydrogen-bond acceptors (Lipinski definition) is 2. The Morgan fingerprint density at radius 2 is 2.00 bits per heavy atom. The number of benzene rings is 1. The molecule has 0 bridgehead atoms. The number of allylic oxidation sites excluding steroid dienone is 1. The fourth-order valence-corrected chi connectivity index (χ4v) is 2.83. The summed E-state index contributed by atoms with van der Waals surface area (Å²) in [7, 11) is 0. The Morgan fingerprint density at radius 3 is 2.64 bits per heavy atom. The van der Waals surface area contributed by atoms with Crippen LogP contribution in [0.3, 0.4) is 0 Å². The molecule has 0 aliphatic rings. The van der Waals surface area contributed by atoms with Crippen LogP contribution in [0, 0.1) is 11.8 Å². The van der Waals surface area contributed by atoms with Crippen molar-refractivity contribution in [2.75, 3.05) is 0 Å². The lowest BCUT2D eigenvalue weighted by molar-refractivity contribution is 0.579. The van der Waals surface area contributed by atoms with E-state index in [-0.39, 0.29) is 6.04 Å². The normalized spacial score (nSPS) is 12.8. The third-order valence-electron chi connectivity index (χ3n) is 4.03. The SMILES string of the molecule is CCCc1ccc(C#C/C(C)=C/C(N)Cn2ccnc2C(C)C)cc1. The molecule has 1 heterocycles. The molecule has 1 unspecified atom stereocenters. The molecule has 0 aliphatic carbocycles. The molecule has 0 radical (unpaired) electrons. The van der Waals surface area contributed by atoms with Gasteiger partial charge in [0, 0.05) is 36.5 Å². The van der Waals surface area contributed by atoms with Gasteiger partial charge in [0.25, 0.3) is 0 Å². The van der Waals surface area contributed by atoms with Crippen LogP contribution < -0.4 is 5.73 Å². The molecule has 0 saturated heterocycles. The van der Waals surface area contributed by atoms with Gasteiger partial charge in [-0.2, -0.15) is 0 Å². The van der Waals surface area contributed by atoms with Crippen LogP contribution in [-0.2, 0) is 13.0 Å². The zero-order valence-corrected chi connectivity index (χ0v) is 15.8. The molecule has 0 amide bonds. The third kappa shape index (κ3) is 5.92. The molecule has 0 spiro atoms. The van der Waals surface area contributed by atoms with Crippen molar-refractivity contribution >= 4 is 0 Å². The first-order valence-electron chi connectivity index (χ1n) is 9.05. The summed E-state index contributed by atoms with van der Waals surface area (Å²) >= 11 is 0. The Kier molecular flexibility index (Phi) is 7.03. The lowest BCUT2D eigenvalue weighted by atomic mass is 10.1. The molecule has 0 saturated carbocycles. The average Bonchev–Trinajstić information content (AvgIpc) is 3.02. The Balaban J connectivity index is 2.00. The highest BCUT2D eigenvalue weighted by atomic mass is 15.1. The van der Waals surface area contributed by atoms with Crippen molar-refractivity contribution in [3.63, 3.8) is 0 Å². The molecule has 2 rings (SSSR count). The van der Waals surface area contributed by atoms with Crippen LogP contribution in [0.5, 0.6) is 0 Å². The molecule has 1 aromatic heterocycles. The van der Waals surface area contributed by atoms with Gasteiger partial charge in [-0.05, 0) is 36.6 Å². The number of hydrogen-bond donors (Lipinski definition) is 1. The van der Waals surface area contributed by atoms with Crippen molar-refractivity contribution in [2.24, 2.45) is 5.73 Å². The minimum Gasteiger partial charge on any atom is -0.333 e. The zero-order valence-electron chi connectivity index (χ0n) is 15.8. The summed E-state index contributed by atoms with van der Waals surface area (Å²) in [4.78, 5) is 4.40. The largest absolute Gasteiger partial charge is 0.333 e. The molecule has 0 aliphatic heterocycles. The predicted octanol–water partition coefficient (Wildman–Crippen LogP) is 4.28. The molecule has 2 N–H and O–H groups in total. The van der Waals surface area contributed by atoms with Crippen LogP contribution in [0.1, 0.15) is 57.0 Å². The van der Waals surface area contributed by atoms with E-state index in [0.29, 0.717) is 5.92 Å². The van der Waals surface area contributed by atoms with E-state index in [1.54, 1.807) is 0 Å². The van der Waals surface area contributed by atoms with Crippen LogP contribution in [-0.4, -0.2) is 15.6 Å². The second-order valence-corrected chi connectivity index (χ2v) is 6.80. The van der Waals surface area contributed by atoms with Crippen molar-refractivity contribution in [3.05, 3.63) is 65.3 Å². The fourth-order valence-electron chi connectivity index (χ4n) is 2.83. The predicted molar refractivity (Wildman–Crippen MR) is 105 cm³/mol. The summed E-state index contributed by atoms with van der Waals surface area (Å²) in [5.74, 6) is 7.88. The number of rotatable bonds is 6. The summed E-state index contributed by atoms with van der Waals surface area (Å²) < 4.78 is 2.12. The number of nitrogens with zero attached hydrogens (tertiary/aromatic N) is 2. The van der Waals surface area contributed by atoms with E-state index in [2.05, 4.69) is 66.4 Å². The average molecular weight is 335 g/mol. The summed E-state index contributed by atoms with van der Waals surface area (Å²) in [5, 5.41) is 0. The van der Waals surface area contributed by atoms with E-state index >= 15 is 0 Å². The van der Waals surface area contributed by atoms with E-state index in [9.17, 15) is 0 Å². The van der Waals surface area contributed by atoms with Crippen LogP contribution in [0.2, 0.25) is 0 Å². The monoisotopic (exact) mass is 335 g/mol. The Labute approximate surface area is 152 Å². The summed E-state index contributed by atoms with van der Waals surface area (Å²) in [6.07, 6.45) is 8.14. The first-order chi connectivity index (χ1) is 12.0. The molecule has 1 aromatic carbocycles. The van der Waals surface area contributed by atoms with Gasteiger partial charge in [0.2, 0.25) is 0 Å².